The van der Waals surface area contributed by atoms with Crippen molar-refractivity contribution >= 4 is 0 Å². The van der Waals surface area contributed by atoms with Gasteiger partial charge in [0.1, 0.15) is 0 Å². The molecule has 0 amide bonds. The number of benzene rings is 1. The van der Waals surface area contributed by atoms with E-state index >= 15 is 0 Å². The van der Waals surface area contributed by atoms with E-state index in [1.54, 1.807) is 0 Å². The number of nitrogens with zero attached hydrogens (tertiary/aromatic N) is 1. The van der Waals surface area contributed by atoms with Crippen LogP contribution in [0.1, 0.15) is 29.5 Å². The fourth-order valence-corrected chi connectivity index (χ4v) is 2.53. The van der Waals surface area contributed by atoms with E-state index in [9.17, 15) is 0 Å². The van der Waals surface area contributed by atoms with Crippen molar-refractivity contribution < 1.29 is 0 Å². The molecule has 0 radical (unpaired) electrons. The molecule has 0 saturated heterocycles. The van der Waals surface area contributed by atoms with Crippen LogP contribution in [-0.2, 0) is 6.42 Å². The van der Waals surface area contributed by atoms with Gasteiger partial charge >= 0.3 is 0 Å². The number of hydrogen-bond donors (Lipinski definition) is 1. The van der Waals surface area contributed by atoms with E-state index in [4.69, 9.17) is 5.73 Å². The molecule has 1 aliphatic carbocycles. The monoisotopic (exact) mass is 246 g/mol. The molecule has 1 aliphatic rings. The Morgan fingerprint density at radius 1 is 1.22 bits per heavy atom. The van der Waals surface area contributed by atoms with Gasteiger partial charge in [0.2, 0.25) is 0 Å². The van der Waals surface area contributed by atoms with Gasteiger partial charge in [0, 0.05) is 13.1 Å². The highest BCUT2D eigenvalue weighted by molar-refractivity contribution is 5.30. The summed E-state index contributed by atoms with van der Waals surface area (Å²) in [4.78, 5) is 2.44. The molecular formula is C16H26N2. The second-order valence-electron chi connectivity index (χ2n) is 6.11. The Balaban J connectivity index is 1.81. The summed E-state index contributed by atoms with van der Waals surface area (Å²) in [5, 5.41) is 0. The Morgan fingerprint density at radius 2 is 1.94 bits per heavy atom. The van der Waals surface area contributed by atoms with Gasteiger partial charge in [0.25, 0.3) is 0 Å². The third kappa shape index (κ3) is 3.33. The minimum Gasteiger partial charge on any atom is -0.330 e. The Hall–Kier alpha value is -0.860. The fourth-order valence-electron chi connectivity index (χ4n) is 2.53. The number of likely N-dealkylation sites (N-methyl/N-ethyl adjacent to an activating group) is 1. The van der Waals surface area contributed by atoms with E-state index in [1.165, 1.54) is 29.5 Å². The Labute approximate surface area is 111 Å². The summed E-state index contributed by atoms with van der Waals surface area (Å²) in [7, 11) is 2.22. The van der Waals surface area contributed by atoms with Crippen molar-refractivity contribution in [2.45, 2.75) is 33.1 Å². The summed E-state index contributed by atoms with van der Waals surface area (Å²) in [5.74, 6) is 0. The van der Waals surface area contributed by atoms with Crippen LogP contribution in [0.25, 0.3) is 0 Å². The summed E-state index contributed by atoms with van der Waals surface area (Å²) in [5.41, 5.74) is 10.5. The molecule has 0 bridgehead atoms. The molecule has 0 unspecified atom stereocenters. The van der Waals surface area contributed by atoms with Gasteiger partial charge in [-0.1, -0.05) is 18.2 Å². The van der Waals surface area contributed by atoms with Gasteiger partial charge in [-0.15, -0.1) is 0 Å². The predicted octanol–water partition coefficient (Wildman–Crippen LogP) is 2.52. The largest absolute Gasteiger partial charge is 0.330 e. The highest BCUT2D eigenvalue weighted by Crippen LogP contribution is 2.44. The Morgan fingerprint density at radius 3 is 2.50 bits per heavy atom. The third-order valence-electron chi connectivity index (χ3n) is 4.35. The molecule has 1 fully saturated rings. The lowest BCUT2D eigenvalue weighted by atomic mass is 10.0. The quantitative estimate of drug-likeness (QED) is 0.835. The SMILES string of the molecule is Cc1ccc(CCN(C)CC2(CN)CC2)cc1C. The van der Waals surface area contributed by atoms with Crippen LogP contribution in [0.2, 0.25) is 0 Å². The number of hydrogen-bond acceptors (Lipinski definition) is 2. The van der Waals surface area contributed by atoms with Gasteiger partial charge < -0.3 is 10.6 Å². The first-order valence-electron chi connectivity index (χ1n) is 6.99. The van der Waals surface area contributed by atoms with Crippen LogP contribution in [-0.4, -0.2) is 31.6 Å². The maximum absolute atomic E-state index is 5.83. The lowest BCUT2D eigenvalue weighted by molar-refractivity contribution is 0.269. The fraction of sp³-hybridized carbons (Fsp3) is 0.625. The summed E-state index contributed by atoms with van der Waals surface area (Å²) >= 11 is 0. The van der Waals surface area contributed by atoms with Crippen LogP contribution in [0.4, 0.5) is 0 Å². The Kier molecular flexibility index (Phi) is 4.08. The van der Waals surface area contributed by atoms with Gasteiger partial charge in [-0.2, -0.15) is 0 Å². The maximum atomic E-state index is 5.83. The summed E-state index contributed by atoms with van der Waals surface area (Å²) in [6, 6.07) is 6.80. The van der Waals surface area contributed by atoms with Crippen LogP contribution in [0.3, 0.4) is 0 Å². The number of rotatable bonds is 6. The zero-order valence-electron chi connectivity index (χ0n) is 12.0. The van der Waals surface area contributed by atoms with Gasteiger partial charge in [-0.25, -0.2) is 0 Å². The molecule has 2 rings (SSSR count). The molecule has 2 heteroatoms. The molecule has 2 N–H and O–H groups in total. The summed E-state index contributed by atoms with van der Waals surface area (Å²) in [6.07, 6.45) is 3.77. The van der Waals surface area contributed by atoms with E-state index < -0.39 is 0 Å². The van der Waals surface area contributed by atoms with Crippen molar-refractivity contribution in [3.05, 3.63) is 34.9 Å². The number of aryl methyl sites for hydroxylation is 2. The third-order valence-corrected chi connectivity index (χ3v) is 4.35. The molecule has 100 valence electrons. The second kappa shape index (κ2) is 5.41. The Bertz CT molecular complexity index is 408. The topological polar surface area (TPSA) is 29.3 Å². The number of nitrogens with two attached hydrogens (primary N) is 1. The zero-order valence-corrected chi connectivity index (χ0v) is 12.0. The first-order valence-corrected chi connectivity index (χ1v) is 6.99. The first kappa shape index (κ1) is 13.6. The van der Waals surface area contributed by atoms with Crippen LogP contribution in [0.5, 0.6) is 0 Å². The average Bonchev–Trinajstić information content (AvgIpc) is 3.11. The van der Waals surface area contributed by atoms with Crippen LogP contribution < -0.4 is 5.73 Å². The highest BCUT2D eigenvalue weighted by Gasteiger charge is 2.41. The lowest BCUT2D eigenvalue weighted by Gasteiger charge is -2.22. The van der Waals surface area contributed by atoms with Gasteiger partial charge in [-0.3, -0.25) is 0 Å². The molecule has 0 atom stereocenters. The molecule has 0 aromatic heterocycles. The molecular weight excluding hydrogens is 220 g/mol. The molecule has 0 spiro atoms. The van der Waals surface area contributed by atoms with Crippen LogP contribution in [0, 0.1) is 19.3 Å². The molecule has 0 aliphatic heterocycles. The normalized spacial score (nSPS) is 17.2. The highest BCUT2D eigenvalue weighted by atomic mass is 15.1. The van der Waals surface area contributed by atoms with E-state index in [-0.39, 0.29) is 0 Å². The van der Waals surface area contributed by atoms with Gasteiger partial charge in [0.15, 0.2) is 0 Å². The smallest absolute Gasteiger partial charge is 0.00471 e. The average molecular weight is 246 g/mol. The maximum Gasteiger partial charge on any atom is 0.00471 e. The summed E-state index contributed by atoms with van der Waals surface area (Å²) in [6.45, 7) is 7.50. The van der Waals surface area contributed by atoms with Crippen molar-refractivity contribution in [2.75, 3.05) is 26.7 Å². The van der Waals surface area contributed by atoms with Crippen molar-refractivity contribution in [3.63, 3.8) is 0 Å². The molecule has 1 aromatic carbocycles. The molecule has 0 heterocycles. The minimum atomic E-state index is 0.456. The lowest BCUT2D eigenvalue weighted by Crippen LogP contribution is -2.32. The van der Waals surface area contributed by atoms with Crippen LogP contribution in [0.15, 0.2) is 18.2 Å². The van der Waals surface area contributed by atoms with Crippen LogP contribution >= 0.6 is 0 Å². The zero-order chi connectivity index (χ0) is 13.2. The summed E-state index contributed by atoms with van der Waals surface area (Å²) < 4.78 is 0. The minimum absolute atomic E-state index is 0.456. The van der Waals surface area contributed by atoms with Crippen molar-refractivity contribution in [1.82, 2.24) is 4.90 Å². The van der Waals surface area contributed by atoms with Gasteiger partial charge in [-0.05, 0) is 68.8 Å². The molecule has 2 nitrogen and oxygen atoms in total. The van der Waals surface area contributed by atoms with E-state index in [1.807, 2.05) is 0 Å². The standard InChI is InChI=1S/C16H26N2/c1-13-4-5-15(10-14(13)2)6-9-18(3)12-16(11-17)7-8-16/h4-5,10H,6-9,11-12,17H2,1-3H3. The van der Waals surface area contributed by atoms with Crippen molar-refractivity contribution in [2.24, 2.45) is 11.1 Å². The molecule has 1 aromatic rings. The van der Waals surface area contributed by atoms with E-state index in [0.717, 1.165) is 26.1 Å². The van der Waals surface area contributed by atoms with Crippen molar-refractivity contribution in [1.29, 1.82) is 0 Å². The molecule has 1 saturated carbocycles. The van der Waals surface area contributed by atoms with Crippen molar-refractivity contribution in [3.8, 4) is 0 Å². The van der Waals surface area contributed by atoms with E-state index in [0.29, 0.717) is 5.41 Å². The second-order valence-corrected chi connectivity index (χ2v) is 6.11. The van der Waals surface area contributed by atoms with E-state index in [2.05, 4.69) is 44.0 Å². The molecule has 18 heavy (non-hydrogen) atoms. The van der Waals surface area contributed by atoms with Gasteiger partial charge in [0.05, 0.1) is 0 Å². The predicted molar refractivity (Wildman–Crippen MR) is 77.8 cm³/mol. The first-order chi connectivity index (χ1) is 8.54.